The molecule has 6 heteroatoms. The van der Waals surface area contributed by atoms with E-state index in [4.69, 9.17) is 14.9 Å². The lowest BCUT2D eigenvalue weighted by molar-refractivity contribution is 0.0696. The average Bonchev–Trinajstić information content (AvgIpc) is 2.25. The Morgan fingerprint density at radius 2 is 1.62 bits per heavy atom. The van der Waals surface area contributed by atoms with Crippen LogP contribution in [0.2, 0.25) is 0 Å². The molecule has 2 N–H and O–H groups in total. The second-order valence-corrected chi connectivity index (χ2v) is 3.38. The number of carbonyl (C=O) groups is 2. The van der Waals surface area contributed by atoms with Gasteiger partial charge in [0.05, 0.1) is 17.7 Å². The van der Waals surface area contributed by atoms with Crippen molar-refractivity contribution in [2.75, 3.05) is 12.4 Å². The molecule has 0 fully saturated rings. The lowest BCUT2D eigenvalue weighted by Crippen LogP contribution is -2.05. The van der Waals surface area contributed by atoms with Gasteiger partial charge in [-0.25, -0.2) is 9.59 Å². The first-order chi connectivity index (χ1) is 7.54. The van der Waals surface area contributed by atoms with Crippen LogP contribution < -0.4 is 4.74 Å². The van der Waals surface area contributed by atoms with Crippen molar-refractivity contribution in [3.05, 3.63) is 29.3 Å². The van der Waals surface area contributed by atoms with Crippen molar-refractivity contribution in [3.63, 3.8) is 0 Å². The highest BCUT2D eigenvalue weighted by atomic mass is 32.1. The smallest absolute Gasteiger partial charge is 0.335 e. The van der Waals surface area contributed by atoms with Gasteiger partial charge in [0.2, 0.25) is 0 Å². The molecule has 0 aromatic heterocycles. The summed E-state index contributed by atoms with van der Waals surface area (Å²) in [5, 5.41) is 17.6. The summed E-state index contributed by atoms with van der Waals surface area (Å²) in [6.07, 6.45) is 0. The molecule has 0 aliphatic heterocycles. The van der Waals surface area contributed by atoms with Gasteiger partial charge in [0.25, 0.3) is 0 Å². The summed E-state index contributed by atoms with van der Waals surface area (Å²) in [5.74, 6) is -1.72. The van der Waals surface area contributed by atoms with Gasteiger partial charge in [-0.2, -0.15) is 12.6 Å². The summed E-state index contributed by atoms with van der Waals surface area (Å²) in [6, 6.07) is 3.63. The Labute approximate surface area is 97.1 Å². The molecule has 0 atom stereocenters. The van der Waals surface area contributed by atoms with Crippen LogP contribution in [0.5, 0.6) is 5.75 Å². The van der Waals surface area contributed by atoms with E-state index in [2.05, 4.69) is 12.6 Å². The van der Waals surface area contributed by atoms with Crippen LogP contribution in [0.15, 0.2) is 18.2 Å². The van der Waals surface area contributed by atoms with Crippen molar-refractivity contribution in [2.24, 2.45) is 0 Å². The van der Waals surface area contributed by atoms with Gasteiger partial charge >= 0.3 is 11.9 Å². The molecular formula is C10H10O5S. The second kappa shape index (κ2) is 5.41. The summed E-state index contributed by atoms with van der Waals surface area (Å²) in [4.78, 5) is 21.5. The van der Waals surface area contributed by atoms with Crippen LogP contribution in [0.3, 0.4) is 0 Å². The number of carboxylic acid groups (broad SMARTS) is 2. The minimum atomic E-state index is -1.20. The Kier molecular flexibility index (Phi) is 4.19. The first-order valence-electron chi connectivity index (χ1n) is 4.40. The summed E-state index contributed by atoms with van der Waals surface area (Å²) in [5.41, 5.74) is -0.233. The van der Waals surface area contributed by atoms with Crippen molar-refractivity contribution in [1.29, 1.82) is 0 Å². The Morgan fingerprint density at radius 1 is 1.12 bits per heavy atom. The predicted molar refractivity (Wildman–Crippen MR) is 59.7 cm³/mol. The minimum absolute atomic E-state index is 0.117. The van der Waals surface area contributed by atoms with E-state index < -0.39 is 11.9 Å². The lowest BCUT2D eigenvalue weighted by Gasteiger charge is -2.06. The number of benzene rings is 1. The summed E-state index contributed by atoms with van der Waals surface area (Å²) >= 11 is 3.93. The van der Waals surface area contributed by atoms with Crippen molar-refractivity contribution in [3.8, 4) is 5.75 Å². The molecule has 0 saturated carbocycles. The highest BCUT2D eigenvalue weighted by Crippen LogP contribution is 2.17. The standard InChI is InChI=1S/C10H10O5S/c11-9(12)6-3-7(10(13)14)5-8(4-6)15-1-2-16/h3-5,16H,1-2H2,(H,11,12)(H,13,14). The molecule has 0 radical (unpaired) electrons. The molecule has 0 aliphatic rings. The molecular weight excluding hydrogens is 232 g/mol. The van der Waals surface area contributed by atoms with Gasteiger partial charge in [-0.3, -0.25) is 0 Å². The van der Waals surface area contributed by atoms with Crippen LogP contribution in [0, 0.1) is 0 Å². The van der Waals surface area contributed by atoms with E-state index in [0.717, 1.165) is 6.07 Å². The van der Waals surface area contributed by atoms with Crippen LogP contribution in [0.4, 0.5) is 0 Å². The molecule has 0 aliphatic carbocycles. The quantitative estimate of drug-likeness (QED) is 0.679. The van der Waals surface area contributed by atoms with Crippen molar-refractivity contribution < 1.29 is 24.5 Å². The second-order valence-electron chi connectivity index (χ2n) is 2.93. The van der Waals surface area contributed by atoms with Crippen LogP contribution >= 0.6 is 12.6 Å². The monoisotopic (exact) mass is 242 g/mol. The predicted octanol–water partition coefficient (Wildman–Crippen LogP) is 1.39. The van der Waals surface area contributed by atoms with E-state index in [-0.39, 0.29) is 23.5 Å². The molecule has 0 amide bonds. The molecule has 0 saturated heterocycles. The molecule has 0 unspecified atom stereocenters. The van der Waals surface area contributed by atoms with Gasteiger partial charge in [0.1, 0.15) is 5.75 Å². The average molecular weight is 242 g/mol. The van der Waals surface area contributed by atoms with Crippen molar-refractivity contribution in [1.82, 2.24) is 0 Å². The SMILES string of the molecule is O=C(O)c1cc(OCCS)cc(C(=O)O)c1. The van der Waals surface area contributed by atoms with Gasteiger partial charge in [-0.15, -0.1) is 0 Å². The lowest BCUT2D eigenvalue weighted by atomic mass is 10.1. The van der Waals surface area contributed by atoms with E-state index in [1.807, 2.05) is 0 Å². The topological polar surface area (TPSA) is 83.8 Å². The van der Waals surface area contributed by atoms with Crippen LogP contribution in [0.1, 0.15) is 20.7 Å². The number of hydrogen-bond donors (Lipinski definition) is 3. The van der Waals surface area contributed by atoms with Gasteiger partial charge < -0.3 is 14.9 Å². The summed E-state index contributed by atoms with van der Waals surface area (Å²) in [6.45, 7) is 0.283. The Bertz CT molecular complexity index is 383. The molecule has 0 heterocycles. The Hall–Kier alpha value is -1.69. The largest absolute Gasteiger partial charge is 0.493 e. The zero-order chi connectivity index (χ0) is 12.1. The molecule has 16 heavy (non-hydrogen) atoms. The number of thiol groups is 1. The molecule has 1 aromatic rings. The third-order valence-corrected chi connectivity index (χ3v) is 1.94. The van der Waals surface area contributed by atoms with E-state index in [9.17, 15) is 9.59 Å². The molecule has 0 bridgehead atoms. The van der Waals surface area contributed by atoms with Crippen molar-refractivity contribution in [2.45, 2.75) is 0 Å². The normalized spacial score (nSPS) is 9.81. The minimum Gasteiger partial charge on any atom is -0.493 e. The molecule has 1 aromatic carbocycles. The number of carboxylic acids is 2. The Morgan fingerprint density at radius 3 is 2.00 bits per heavy atom. The zero-order valence-electron chi connectivity index (χ0n) is 8.21. The fourth-order valence-corrected chi connectivity index (χ4v) is 1.18. The van der Waals surface area contributed by atoms with Crippen molar-refractivity contribution >= 4 is 24.6 Å². The molecule has 1 rings (SSSR count). The summed E-state index contributed by atoms with van der Waals surface area (Å²) in [7, 11) is 0. The highest BCUT2D eigenvalue weighted by molar-refractivity contribution is 7.80. The molecule has 86 valence electrons. The van der Waals surface area contributed by atoms with Gasteiger partial charge in [0, 0.05) is 5.75 Å². The Balaban J connectivity index is 3.08. The summed E-state index contributed by atoms with van der Waals surface area (Å²) < 4.78 is 5.13. The van der Waals surface area contributed by atoms with E-state index in [1.54, 1.807) is 0 Å². The third kappa shape index (κ3) is 3.16. The third-order valence-electron chi connectivity index (χ3n) is 1.76. The first kappa shape index (κ1) is 12.4. The van der Waals surface area contributed by atoms with E-state index in [0.29, 0.717) is 5.75 Å². The maximum absolute atomic E-state index is 10.7. The number of rotatable bonds is 5. The number of aromatic carboxylic acids is 2. The molecule has 0 spiro atoms. The number of hydrogen-bond acceptors (Lipinski definition) is 4. The fraction of sp³-hybridized carbons (Fsp3) is 0.200. The highest BCUT2D eigenvalue weighted by Gasteiger charge is 2.11. The zero-order valence-corrected chi connectivity index (χ0v) is 9.11. The van der Waals surface area contributed by atoms with Crippen LogP contribution in [-0.4, -0.2) is 34.5 Å². The maximum atomic E-state index is 10.7. The van der Waals surface area contributed by atoms with Gasteiger partial charge in [-0.1, -0.05) is 0 Å². The van der Waals surface area contributed by atoms with E-state index in [1.165, 1.54) is 12.1 Å². The maximum Gasteiger partial charge on any atom is 0.335 e. The first-order valence-corrected chi connectivity index (χ1v) is 5.03. The van der Waals surface area contributed by atoms with Crippen LogP contribution in [0.25, 0.3) is 0 Å². The van der Waals surface area contributed by atoms with Crippen LogP contribution in [-0.2, 0) is 0 Å². The van der Waals surface area contributed by atoms with Gasteiger partial charge in [-0.05, 0) is 18.2 Å². The van der Waals surface area contributed by atoms with Gasteiger partial charge in [0.15, 0.2) is 0 Å². The number of ether oxygens (including phenoxy) is 1. The molecule has 5 nitrogen and oxygen atoms in total. The fourth-order valence-electron chi connectivity index (χ4n) is 1.09. The van der Waals surface area contributed by atoms with E-state index >= 15 is 0 Å².